The van der Waals surface area contributed by atoms with E-state index in [2.05, 4.69) is 10.1 Å². The predicted molar refractivity (Wildman–Crippen MR) is 70.4 cm³/mol. The third-order valence-electron chi connectivity index (χ3n) is 2.97. The lowest BCUT2D eigenvalue weighted by Crippen LogP contribution is -2.44. The lowest BCUT2D eigenvalue weighted by atomic mass is 9.94. The molecule has 0 amide bonds. The lowest BCUT2D eigenvalue weighted by Gasteiger charge is -2.29. The molecule has 0 bridgehead atoms. The van der Waals surface area contributed by atoms with E-state index in [4.69, 9.17) is 0 Å². The average Bonchev–Trinajstić information content (AvgIpc) is 2.37. The molecule has 1 unspecified atom stereocenters. The van der Waals surface area contributed by atoms with Gasteiger partial charge in [0.1, 0.15) is 5.54 Å². The maximum atomic E-state index is 12.2. The zero-order valence-electron chi connectivity index (χ0n) is 11.5. The van der Waals surface area contributed by atoms with Crippen LogP contribution in [0.5, 0.6) is 0 Å². The van der Waals surface area contributed by atoms with Crippen LogP contribution in [-0.2, 0) is 9.53 Å². The summed E-state index contributed by atoms with van der Waals surface area (Å²) in [4.78, 5) is 11.8. The number of nitrogens with one attached hydrogen (secondary N) is 1. The number of alkyl halides is 3. The second-order valence-corrected chi connectivity index (χ2v) is 4.78. The van der Waals surface area contributed by atoms with E-state index in [1.54, 1.807) is 31.2 Å². The Labute approximate surface area is 116 Å². The van der Waals surface area contributed by atoms with Crippen molar-refractivity contribution >= 4 is 11.7 Å². The molecule has 0 heterocycles. The van der Waals surface area contributed by atoms with Crippen LogP contribution in [0.1, 0.15) is 26.2 Å². The van der Waals surface area contributed by atoms with Gasteiger partial charge in [-0.25, -0.2) is 4.79 Å². The molecule has 0 spiro atoms. The van der Waals surface area contributed by atoms with Crippen LogP contribution >= 0.6 is 0 Å². The van der Waals surface area contributed by atoms with E-state index in [0.717, 1.165) is 0 Å². The van der Waals surface area contributed by atoms with Gasteiger partial charge in [0.05, 0.1) is 7.11 Å². The molecule has 0 aliphatic rings. The summed E-state index contributed by atoms with van der Waals surface area (Å²) in [6.07, 6.45) is -5.25. The molecule has 3 nitrogen and oxygen atoms in total. The molecule has 1 aromatic carbocycles. The highest BCUT2D eigenvalue weighted by Gasteiger charge is 2.36. The predicted octanol–water partition coefficient (Wildman–Crippen LogP) is 3.76. The highest BCUT2D eigenvalue weighted by molar-refractivity contribution is 5.83. The van der Waals surface area contributed by atoms with Crippen molar-refractivity contribution in [2.75, 3.05) is 12.4 Å². The van der Waals surface area contributed by atoms with Crippen molar-refractivity contribution in [3.8, 4) is 0 Å². The minimum absolute atomic E-state index is 0.0358. The number of hydrogen-bond acceptors (Lipinski definition) is 3. The summed E-state index contributed by atoms with van der Waals surface area (Å²) in [6, 6.07) is 8.84. The van der Waals surface area contributed by atoms with Gasteiger partial charge in [-0.05, 0) is 31.9 Å². The number of methoxy groups -OCH3 is 1. The van der Waals surface area contributed by atoms with Crippen molar-refractivity contribution in [1.82, 2.24) is 0 Å². The van der Waals surface area contributed by atoms with Crippen LogP contribution < -0.4 is 5.32 Å². The Bertz CT molecular complexity index is 434. The first-order chi connectivity index (χ1) is 9.27. The third-order valence-corrected chi connectivity index (χ3v) is 2.97. The zero-order chi connectivity index (χ0) is 15.2. The Kier molecular flexibility index (Phi) is 5.42. The van der Waals surface area contributed by atoms with Crippen molar-refractivity contribution in [2.45, 2.75) is 37.9 Å². The molecule has 0 fully saturated rings. The van der Waals surface area contributed by atoms with E-state index in [0.29, 0.717) is 5.69 Å². The molecule has 0 radical (unpaired) electrons. The Morgan fingerprint density at radius 1 is 1.20 bits per heavy atom. The topological polar surface area (TPSA) is 38.3 Å². The van der Waals surface area contributed by atoms with E-state index >= 15 is 0 Å². The van der Waals surface area contributed by atoms with E-state index in [1.165, 1.54) is 7.11 Å². The van der Waals surface area contributed by atoms with E-state index < -0.39 is 24.1 Å². The molecular formula is C14H18F3NO2. The molecule has 20 heavy (non-hydrogen) atoms. The summed E-state index contributed by atoms with van der Waals surface area (Å²) in [5.74, 6) is -0.580. The van der Waals surface area contributed by atoms with Crippen molar-refractivity contribution < 1.29 is 22.7 Å². The maximum Gasteiger partial charge on any atom is 0.389 e. The number of para-hydroxylation sites is 1. The molecular weight excluding hydrogens is 271 g/mol. The van der Waals surface area contributed by atoms with Gasteiger partial charge < -0.3 is 10.1 Å². The van der Waals surface area contributed by atoms with E-state index in [1.807, 2.05) is 6.07 Å². The summed E-state index contributed by atoms with van der Waals surface area (Å²) in [5, 5.41) is 2.95. The van der Waals surface area contributed by atoms with Crippen LogP contribution in [0.2, 0.25) is 0 Å². The summed E-state index contributed by atoms with van der Waals surface area (Å²) in [6.45, 7) is 1.54. The Hall–Kier alpha value is -1.72. The minimum Gasteiger partial charge on any atom is -0.467 e. The summed E-state index contributed by atoms with van der Waals surface area (Å²) in [5.41, 5.74) is -0.520. The number of benzene rings is 1. The van der Waals surface area contributed by atoms with E-state index in [-0.39, 0.29) is 12.8 Å². The normalized spacial score (nSPS) is 14.4. The lowest BCUT2D eigenvalue weighted by molar-refractivity contribution is -0.148. The SMILES string of the molecule is COC(=O)C(C)(CCCC(F)(F)F)Nc1ccccc1. The van der Waals surface area contributed by atoms with Gasteiger partial charge in [0.15, 0.2) is 0 Å². The number of ether oxygens (including phenoxy) is 1. The fraction of sp³-hybridized carbons (Fsp3) is 0.500. The zero-order valence-corrected chi connectivity index (χ0v) is 11.5. The minimum atomic E-state index is -4.22. The standard InChI is InChI=1S/C14H18F3NO2/c1-13(12(19)20-2,9-6-10-14(15,16)17)18-11-7-4-3-5-8-11/h3-5,7-8,18H,6,9-10H2,1-2H3. The van der Waals surface area contributed by atoms with Crippen molar-refractivity contribution in [1.29, 1.82) is 0 Å². The number of carbonyl (C=O) groups is 1. The van der Waals surface area contributed by atoms with Crippen LogP contribution in [0, 0.1) is 0 Å². The average molecular weight is 289 g/mol. The van der Waals surface area contributed by atoms with Gasteiger partial charge in [-0.3, -0.25) is 0 Å². The number of esters is 1. The number of hydrogen-bond donors (Lipinski definition) is 1. The van der Waals surface area contributed by atoms with Crippen LogP contribution in [0.3, 0.4) is 0 Å². The molecule has 0 aliphatic heterocycles. The largest absolute Gasteiger partial charge is 0.467 e. The van der Waals surface area contributed by atoms with Gasteiger partial charge in [-0.15, -0.1) is 0 Å². The van der Waals surface area contributed by atoms with E-state index in [9.17, 15) is 18.0 Å². The van der Waals surface area contributed by atoms with Gasteiger partial charge in [0.2, 0.25) is 0 Å². The first kappa shape index (κ1) is 16.3. The molecule has 0 saturated carbocycles. The highest BCUT2D eigenvalue weighted by atomic mass is 19.4. The fourth-order valence-electron chi connectivity index (χ4n) is 1.92. The second kappa shape index (κ2) is 6.63. The smallest absolute Gasteiger partial charge is 0.389 e. The van der Waals surface area contributed by atoms with Gasteiger partial charge in [0, 0.05) is 12.1 Å². The van der Waals surface area contributed by atoms with Crippen molar-refractivity contribution in [3.05, 3.63) is 30.3 Å². The maximum absolute atomic E-state index is 12.2. The number of rotatable bonds is 6. The quantitative estimate of drug-likeness (QED) is 0.810. The highest BCUT2D eigenvalue weighted by Crippen LogP contribution is 2.27. The Morgan fingerprint density at radius 2 is 1.80 bits per heavy atom. The molecule has 1 aromatic rings. The molecule has 1 rings (SSSR count). The first-order valence-corrected chi connectivity index (χ1v) is 6.25. The Balaban J connectivity index is 2.74. The molecule has 1 atom stereocenters. The third kappa shape index (κ3) is 5.11. The summed E-state index contributed by atoms with van der Waals surface area (Å²) >= 11 is 0. The van der Waals surface area contributed by atoms with Crippen LogP contribution in [0.4, 0.5) is 18.9 Å². The number of carbonyl (C=O) groups excluding carboxylic acids is 1. The van der Waals surface area contributed by atoms with Crippen LogP contribution in [0.25, 0.3) is 0 Å². The van der Waals surface area contributed by atoms with Gasteiger partial charge in [-0.2, -0.15) is 13.2 Å². The molecule has 0 aliphatic carbocycles. The number of anilines is 1. The monoisotopic (exact) mass is 289 g/mol. The Morgan fingerprint density at radius 3 is 2.30 bits per heavy atom. The molecule has 0 saturated heterocycles. The molecule has 112 valence electrons. The first-order valence-electron chi connectivity index (χ1n) is 6.25. The van der Waals surface area contributed by atoms with Crippen LogP contribution in [-0.4, -0.2) is 24.8 Å². The molecule has 1 N–H and O–H groups in total. The van der Waals surface area contributed by atoms with Crippen molar-refractivity contribution in [2.24, 2.45) is 0 Å². The molecule has 6 heteroatoms. The summed E-state index contributed by atoms with van der Waals surface area (Å²) in [7, 11) is 1.22. The molecule has 0 aromatic heterocycles. The second-order valence-electron chi connectivity index (χ2n) is 4.78. The van der Waals surface area contributed by atoms with Crippen LogP contribution in [0.15, 0.2) is 30.3 Å². The van der Waals surface area contributed by atoms with Crippen molar-refractivity contribution in [3.63, 3.8) is 0 Å². The van der Waals surface area contributed by atoms with Gasteiger partial charge >= 0.3 is 12.1 Å². The van der Waals surface area contributed by atoms with Gasteiger partial charge in [-0.1, -0.05) is 18.2 Å². The summed E-state index contributed by atoms with van der Waals surface area (Å²) < 4.78 is 41.3. The van der Waals surface area contributed by atoms with Gasteiger partial charge in [0.25, 0.3) is 0 Å². The number of halogens is 3. The fourth-order valence-corrected chi connectivity index (χ4v) is 1.92.